The fraction of sp³-hybridized carbons (Fsp3) is 0.308. The van der Waals surface area contributed by atoms with Crippen molar-refractivity contribution < 1.29 is 9.32 Å². The van der Waals surface area contributed by atoms with Crippen LogP contribution in [0.5, 0.6) is 0 Å². The standard InChI is InChI=1S/C13H15BrN4O2/c1-2-4-15-12-11(6-9(14)7-16-12)13(19)17-8-10-3-5-20-18-10/h3,5-7H,2,4,8H2,1H3,(H,15,16)(H,17,19). The Kier molecular flexibility index (Phi) is 5.11. The van der Waals surface area contributed by atoms with Crippen LogP contribution in [0.4, 0.5) is 5.82 Å². The first-order chi connectivity index (χ1) is 9.70. The summed E-state index contributed by atoms with van der Waals surface area (Å²) in [4.78, 5) is 16.4. The van der Waals surface area contributed by atoms with E-state index in [2.05, 4.69) is 43.6 Å². The van der Waals surface area contributed by atoms with Crippen LogP contribution in [0.25, 0.3) is 0 Å². The second-order valence-electron chi connectivity index (χ2n) is 4.15. The Morgan fingerprint density at radius 1 is 1.50 bits per heavy atom. The Balaban J connectivity index is 2.08. The number of nitrogens with one attached hydrogen (secondary N) is 2. The number of carbonyl (C=O) groups is 1. The number of hydrogen-bond acceptors (Lipinski definition) is 5. The van der Waals surface area contributed by atoms with E-state index in [1.807, 2.05) is 0 Å². The second-order valence-corrected chi connectivity index (χ2v) is 5.07. The van der Waals surface area contributed by atoms with Gasteiger partial charge in [0, 0.05) is 23.3 Å². The highest BCUT2D eigenvalue weighted by Gasteiger charge is 2.13. The molecule has 0 atom stereocenters. The number of amides is 1. The molecule has 106 valence electrons. The van der Waals surface area contributed by atoms with Crippen molar-refractivity contribution in [2.75, 3.05) is 11.9 Å². The van der Waals surface area contributed by atoms with E-state index in [1.165, 1.54) is 6.26 Å². The SMILES string of the molecule is CCCNc1ncc(Br)cc1C(=O)NCc1ccon1. The van der Waals surface area contributed by atoms with Crippen LogP contribution in [0.3, 0.4) is 0 Å². The van der Waals surface area contributed by atoms with Crippen LogP contribution in [-0.2, 0) is 6.54 Å². The molecule has 0 aliphatic carbocycles. The van der Waals surface area contributed by atoms with E-state index >= 15 is 0 Å². The fourth-order valence-corrected chi connectivity index (χ4v) is 1.92. The monoisotopic (exact) mass is 338 g/mol. The lowest BCUT2D eigenvalue weighted by Gasteiger charge is -2.10. The molecule has 0 saturated heterocycles. The van der Waals surface area contributed by atoms with Gasteiger partial charge < -0.3 is 15.2 Å². The summed E-state index contributed by atoms with van der Waals surface area (Å²) < 4.78 is 5.47. The molecule has 0 aromatic carbocycles. The van der Waals surface area contributed by atoms with Gasteiger partial charge in [-0.15, -0.1) is 0 Å². The van der Waals surface area contributed by atoms with Gasteiger partial charge in [-0.05, 0) is 28.4 Å². The highest BCUT2D eigenvalue weighted by atomic mass is 79.9. The zero-order valence-corrected chi connectivity index (χ0v) is 12.6. The van der Waals surface area contributed by atoms with Crippen LogP contribution in [-0.4, -0.2) is 22.6 Å². The third-order valence-corrected chi connectivity index (χ3v) is 3.00. The molecule has 0 unspecified atom stereocenters. The third kappa shape index (κ3) is 3.80. The molecule has 2 aromatic rings. The van der Waals surface area contributed by atoms with E-state index in [-0.39, 0.29) is 5.91 Å². The van der Waals surface area contributed by atoms with Crippen LogP contribution in [0.15, 0.2) is 33.6 Å². The average molecular weight is 339 g/mol. The maximum Gasteiger partial charge on any atom is 0.255 e. The molecule has 2 rings (SSSR count). The number of aromatic nitrogens is 2. The predicted molar refractivity (Wildman–Crippen MR) is 78.4 cm³/mol. The number of anilines is 1. The molecule has 2 N–H and O–H groups in total. The lowest BCUT2D eigenvalue weighted by molar-refractivity contribution is 0.0950. The summed E-state index contributed by atoms with van der Waals surface area (Å²) in [7, 11) is 0. The van der Waals surface area contributed by atoms with Gasteiger partial charge in [-0.1, -0.05) is 12.1 Å². The van der Waals surface area contributed by atoms with Gasteiger partial charge >= 0.3 is 0 Å². The first kappa shape index (κ1) is 14.5. The lowest BCUT2D eigenvalue weighted by Crippen LogP contribution is -2.24. The predicted octanol–water partition coefficient (Wildman–Crippen LogP) is 2.58. The van der Waals surface area contributed by atoms with Crippen molar-refractivity contribution in [1.82, 2.24) is 15.5 Å². The largest absolute Gasteiger partial charge is 0.369 e. The van der Waals surface area contributed by atoms with Crippen molar-refractivity contribution in [2.24, 2.45) is 0 Å². The summed E-state index contributed by atoms with van der Waals surface area (Å²) in [5.41, 5.74) is 1.17. The molecule has 1 amide bonds. The maximum absolute atomic E-state index is 12.2. The molecule has 0 bridgehead atoms. The van der Waals surface area contributed by atoms with Gasteiger partial charge in [-0.3, -0.25) is 4.79 Å². The van der Waals surface area contributed by atoms with Gasteiger partial charge in [0.15, 0.2) is 0 Å². The average Bonchev–Trinajstić information content (AvgIpc) is 2.96. The van der Waals surface area contributed by atoms with Gasteiger partial charge in [0.1, 0.15) is 17.8 Å². The topological polar surface area (TPSA) is 80.0 Å². The number of carbonyl (C=O) groups excluding carboxylic acids is 1. The molecular weight excluding hydrogens is 324 g/mol. The van der Waals surface area contributed by atoms with Crippen molar-refractivity contribution in [2.45, 2.75) is 19.9 Å². The third-order valence-electron chi connectivity index (χ3n) is 2.56. The van der Waals surface area contributed by atoms with Gasteiger partial charge in [-0.25, -0.2) is 4.98 Å². The molecule has 20 heavy (non-hydrogen) atoms. The van der Waals surface area contributed by atoms with Crippen molar-refractivity contribution in [3.05, 3.63) is 40.3 Å². The molecule has 0 aliphatic heterocycles. The van der Waals surface area contributed by atoms with Crippen molar-refractivity contribution in [1.29, 1.82) is 0 Å². The Morgan fingerprint density at radius 2 is 2.35 bits per heavy atom. The van der Waals surface area contributed by atoms with Gasteiger partial charge in [0.25, 0.3) is 5.91 Å². The molecular formula is C13H15BrN4O2. The maximum atomic E-state index is 12.2. The van der Waals surface area contributed by atoms with Gasteiger partial charge in [0.2, 0.25) is 0 Å². The van der Waals surface area contributed by atoms with E-state index < -0.39 is 0 Å². The van der Waals surface area contributed by atoms with Gasteiger partial charge in [-0.2, -0.15) is 0 Å². The summed E-state index contributed by atoms with van der Waals surface area (Å²) in [6.45, 7) is 3.13. The smallest absolute Gasteiger partial charge is 0.255 e. The normalized spacial score (nSPS) is 10.3. The Labute approximate surface area is 125 Å². The molecule has 0 fully saturated rings. The van der Waals surface area contributed by atoms with E-state index in [9.17, 15) is 4.79 Å². The fourth-order valence-electron chi connectivity index (χ4n) is 1.59. The van der Waals surface area contributed by atoms with E-state index in [1.54, 1.807) is 18.3 Å². The van der Waals surface area contributed by atoms with Crippen LogP contribution in [0, 0.1) is 0 Å². The summed E-state index contributed by atoms with van der Waals surface area (Å²) in [5.74, 6) is 0.369. The van der Waals surface area contributed by atoms with Crippen molar-refractivity contribution in [3.8, 4) is 0 Å². The minimum atomic E-state index is -0.208. The Hall–Kier alpha value is -1.89. The Bertz CT molecular complexity index is 572. The number of halogens is 1. The number of pyridine rings is 1. The molecule has 2 aromatic heterocycles. The summed E-state index contributed by atoms with van der Waals surface area (Å²) in [6.07, 6.45) is 4.08. The molecule has 0 saturated carbocycles. The number of nitrogens with zero attached hydrogens (tertiary/aromatic N) is 2. The second kappa shape index (κ2) is 7.04. The first-order valence-corrected chi connectivity index (χ1v) is 7.07. The van der Waals surface area contributed by atoms with E-state index in [0.29, 0.717) is 23.6 Å². The summed E-state index contributed by atoms with van der Waals surface area (Å²) >= 11 is 3.32. The zero-order chi connectivity index (χ0) is 14.4. The van der Waals surface area contributed by atoms with E-state index in [4.69, 9.17) is 4.52 Å². The minimum Gasteiger partial charge on any atom is -0.369 e. The van der Waals surface area contributed by atoms with E-state index in [0.717, 1.165) is 17.4 Å². The molecule has 0 radical (unpaired) electrons. The zero-order valence-electron chi connectivity index (χ0n) is 11.0. The highest BCUT2D eigenvalue weighted by molar-refractivity contribution is 9.10. The highest BCUT2D eigenvalue weighted by Crippen LogP contribution is 2.18. The molecule has 7 heteroatoms. The first-order valence-electron chi connectivity index (χ1n) is 6.27. The van der Waals surface area contributed by atoms with Crippen LogP contribution >= 0.6 is 15.9 Å². The quantitative estimate of drug-likeness (QED) is 0.846. The van der Waals surface area contributed by atoms with Crippen molar-refractivity contribution in [3.63, 3.8) is 0 Å². The van der Waals surface area contributed by atoms with Crippen LogP contribution in [0.2, 0.25) is 0 Å². The molecule has 6 nitrogen and oxygen atoms in total. The molecule has 2 heterocycles. The molecule has 0 spiro atoms. The number of rotatable bonds is 6. The lowest BCUT2D eigenvalue weighted by atomic mass is 10.2. The van der Waals surface area contributed by atoms with Gasteiger partial charge in [0.05, 0.1) is 12.1 Å². The minimum absolute atomic E-state index is 0.208. The van der Waals surface area contributed by atoms with Crippen LogP contribution < -0.4 is 10.6 Å². The summed E-state index contributed by atoms with van der Waals surface area (Å²) in [6, 6.07) is 3.44. The Morgan fingerprint density at radius 3 is 3.05 bits per heavy atom. The summed E-state index contributed by atoms with van der Waals surface area (Å²) in [5, 5.41) is 9.66. The van der Waals surface area contributed by atoms with Crippen molar-refractivity contribution >= 4 is 27.7 Å². The molecule has 0 aliphatic rings. The van der Waals surface area contributed by atoms with Crippen LogP contribution in [0.1, 0.15) is 29.4 Å². The number of hydrogen-bond donors (Lipinski definition) is 2.